The van der Waals surface area contributed by atoms with Crippen LogP contribution in [0.3, 0.4) is 0 Å². The Kier molecular flexibility index (Phi) is 4.71. The number of carbonyl (C=O) groups is 1. The number of likely N-dealkylation sites (tertiary alicyclic amines) is 1. The second-order valence-corrected chi connectivity index (χ2v) is 6.14. The van der Waals surface area contributed by atoms with Crippen molar-refractivity contribution in [2.75, 3.05) is 13.1 Å². The fourth-order valence-corrected chi connectivity index (χ4v) is 3.23. The summed E-state index contributed by atoms with van der Waals surface area (Å²) in [6.45, 7) is 5.79. The van der Waals surface area contributed by atoms with E-state index in [1.54, 1.807) is 0 Å². The van der Waals surface area contributed by atoms with Gasteiger partial charge in [0.05, 0.1) is 5.41 Å². The van der Waals surface area contributed by atoms with Gasteiger partial charge in [-0.25, -0.2) is 0 Å². The van der Waals surface area contributed by atoms with Crippen molar-refractivity contribution in [3.63, 3.8) is 0 Å². The highest BCUT2D eigenvalue weighted by Crippen LogP contribution is 2.37. The lowest BCUT2D eigenvalue weighted by Crippen LogP contribution is -2.44. The number of piperidine rings is 1. The molecular formula is C16H22ClNO2. The normalized spacial score (nSPS) is 20.6. The lowest BCUT2D eigenvalue weighted by Gasteiger charge is -2.41. The van der Waals surface area contributed by atoms with E-state index in [0.29, 0.717) is 6.42 Å². The van der Waals surface area contributed by atoms with Crippen LogP contribution in [0.1, 0.15) is 44.7 Å². The first-order valence-electron chi connectivity index (χ1n) is 7.21. The molecule has 1 aromatic carbocycles. The maximum atomic E-state index is 11.5. The van der Waals surface area contributed by atoms with Crippen LogP contribution in [0, 0.1) is 5.41 Å². The Morgan fingerprint density at radius 1 is 1.45 bits per heavy atom. The van der Waals surface area contributed by atoms with Crippen molar-refractivity contribution in [3.05, 3.63) is 34.9 Å². The van der Waals surface area contributed by atoms with E-state index in [1.165, 1.54) is 5.56 Å². The number of hydrogen-bond donors (Lipinski definition) is 1. The summed E-state index contributed by atoms with van der Waals surface area (Å²) in [6, 6.07) is 8.18. The summed E-state index contributed by atoms with van der Waals surface area (Å²) in [4.78, 5) is 13.8. The van der Waals surface area contributed by atoms with Gasteiger partial charge in [-0.1, -0.05) is 30.7 Å². The number of carboxylic acid groups (broad SMARTS) is 1. The van der Waals surface area contributed by atoms with Crippen molar-refractivity contribution in [3.8, 4) is 0 Å². The van der Waals surface area contributed by atoms with Gasteiger partial charge in [0, 0.05) is 11.1 Å². The predicted octanol–water partition coefficient (Wildman–Crippen LogP) is 3.98. The molecule has 1 saturated heterocycles. The highest BCUT2D eigenvalue weighted by Gasteiger charge is 2.40. The van der Waals surface area contributed by atoms with Crippen LogP contribution in [0.15, 0.2) is 24.3 Å². The van der Waals surface area contributed by atoms with Gasteiger partial charge in [-0.05, 0) is 57.0 Å². The van der Waals surface area contributed by atoms with E-state index in [9.17, 15) is 9.90 Å². The van der Waals surface area contributed by atoms with E-state index < -0.39 is 11.4 Å². The van der Waals surface area contributed by atoms with Crippen LogP contribution in [0.4, 0.5) is 0 Å². The van der Waals surface area contributed by atoms with Gasteiger partial charge in [0.15, 0.2) is 0 Å². The smallest absolute Gasteiger partial charge is 0.309 e. The summed E-state index contributed by atoms with van der Waals surface area (Å²) >= 11 is 6.04. The topological polar surface area (TPSA) is 40.5 Å². The Bertz CT molecular complexity index is 481. The molecule has 0 amide bonds. The number of benzene rings is 1. The second kappa shape index (κ2) is 6.15. The molecule has 1 aliphatic rings. The molecule has 1 fully saturated rings. The Labute approximate surface area is 125 Å². The minimum absolute atomic E-state index is 0.275. The summed E-state index contributed by atoms with van der Waals surface area (Å²) in [7, 11) is 0. The summed E-state index contributed by atoms with van der Waals surface area (Å²) in [5, 5.41) is 10.2. The van der Waals surface area contributed by atoms with Crippen LogP contribution in [0.2, 0.25) is 5.02 Å². The fraction of sp³-hybridized carbons (Fsp3) is 0.562. The second-order valence-electron chi connectivity index (χ2n) is 5.71. The summed E-state index contributed by atoms with van der Waals surface area (Å²) in [5.74, 6) is -0.643. The SMILES string of the molecule is CCC1(C(=O)O)CCN(C(C)c2cccc(Cl)c2)CC1. The monoisotopic (exact) mass is 295 g/mol. The van der Waals surface area contributed by atoms with E-state index in [-0.39, 0.29) is 6.04 Å². The first-order chi connectivity index (χ1) is 9.48. The van der Waals surface area contributed by atoms with Crippen molar-refractivity contribution in [2.24, 2.45) is 5.41 Å². The Balaban J connectivity index is 2.05. The average Bonchev–Trinajstić information content (AvgIpc) is 2.46. The van der Waals surface area contributed by atoms with Gasteiger partial charge < -0.3 is 5.11 Å². The molecule has 20 heavy (non-hydrogen) atoms. The molecule has 1 atom stereocenters. The van der Waals surface area contributed by atoms with Gasteiger partial charge in [0.1, 0.15) is 0 Å². The zero-order chi connectivity index (χ0) is 14.8. The van der Waals surface area contributed by atoms with Crippen molar-refractivity contribution in [2.45, 2.75) is 39.2 Å². The van der Waals surface area contributed by atoms with Crippen LogP contribution in [0.5, 0.6) is 0 Å². The minimum Gasteiger partial charge on any atom is -0.481 e. The molecule has 0 bridgehead atoms. The molecule has 1 N–H and O–H groups in total. The van der Waals surface area contributed by atoms with Gasteiger partial charge in [-0.15, -0.1) is 0 Å². The lowest BCUT2D eigenvalue weighted by molar-refractivity contribution is -0.152. The van der Waals surface area contributed by atoms with Crippen LogP contribution in [0.25, 0.3) is 0 Å². The molecule has 0 spiro atoms. The molecule has 1 aromatic rings. The highest BCUT2D eigenvalue weighted by atomic mass is 35.5. The molecular weight excluding hydrogens is 274 g/mol. The highest BCUT2D eigenvalue weighted by molar-refractivity contribution is 6.30. The molecule has 4 heteroatoms. The molecule has 3 nitrogen and oxygen atoms in total. The molecule has 110 valence electrons. The van der Waals surface area contributed by atoms with E-state index in [1.807, 2.05) is 25.1 Å². The molecule has 2 rings (SSSR count). The maximum Gasteiger partial charge on any atom is 0.309 e. The standard InChI is InChI=1S/C16H22ClNO2/c1-3-16(15(19)20)7-9-18(10-8-16)12(2)13-5-4-6-14(17)11-13/h4-6,11-12H,3,7-10H2,1-2H3,(H,19,20). The van der Waals surface area contributed by atoms with Gasteiger partial charge in [0.25, 0.3) is 0 Å². The van der Waals surface area contributed by atoms with E-state index in [4.69, 9.17) is 11.6 Å². The largest absolute Gasteiger partial charge is 0.481 e. The van der Waals surface area contributed by atoms with Crippen LogP contribution in [-0.2, 0) is 4.79 Å². The number of aliphatic carboxylic acids is 1. The van der Waals surface area contributed by atoms with E-state index in [0.717, 1.165) is 31.0 Å². The number of hydrogen-bond acceptors (Lipinski definition) is 2. The van der Waals surface area contributed by atoms with Crippen LogP contribution < -0.4 is 0 Å². The van der Waals surface area contributed by atoms with Crippen molar-refractivity contribution < 1.29 is 9.90 Å². The maximum absolute atomic E-state index is 11.5. The summed E-state index contributed by atoms with van der Waals surface area (Å²) in [6.07, 6.45) is 2.16. The van der Waals surface area contributed by atoms with Crippen molar-refractivity contribution >= 4 is 17.6 Å². The first kappa shape index (κ1) is 15.3. The minimum atomic E-state index is -0.643. The zero-order valence-electron chi connectivity index (χ0n) is 12.1. The summed E-state index contributed by atoms with van der Waals surface area (Å²) in [5.41, 5.74) is 0.668. The van der Waals surface area contributed by atoms with Gasteiger partial charge in [-0.3, -0.25) is 9.69 Å². The molecule has 0 aliphatic carbocycles. The number of nitrogens with zero attached hydrogens (tertiary/aromatic N) is 1. The molecule has 1 aliphatic heterocycles. The number of carboxylic acids is 1. The average molecular weight is 296 g/mol. The third-order valence-electron chi connectivity index (χ3n) is 4.76. The first-order valence-corrected chi connectivity index (χ1v) is 7.59. The van der Waals surface area contributed by atoms with Crippen molar-refractivity contribution in [1.82, 2.24) is 4.90 Å². The Morgan fingerprint density at radius 3 is 2.60 bits per heavy atom. The quantitative estimate of drug-likeness (QED) is 0.913. The third kappa shape index (κ3) is 2.99. The molecule has 0 radical (unpaired) electrons. The molecule has 1 heterocycles. The number of rotatable bonds is 4. The van der Waals surface area contributed by atoms with Crippen molar-refractivity contribution in [1.29, 1.82) is 0 Å². The molecule has 0 aromatic heterocycles. The Morgan fingerprint density at radius 2 is 2.10 bits per heavy atom. The molecule has 0 saturated carbocycles. The zero-order valence-corrected chi connectivity index (χ0v) is 12.9. The van der Waals surface area contributed by atoms with Gasteiger partial charge >= 0.3 is 5.97 Å². The summed E-state index contributed by atoms with van der Waals surface area (Å²) < 4.78 is 0. The Hall–Kier alpha value is -1.06. The van der Waals surface area contributed by atoms with Crippen LogP contribution >= 0.6 is 11.6 Å². The predicted molar refractivity (Wildman–Crippen MR) is 81.0 cm³/mol. The van der Waals surface area contributed by atoms with E-state index >= 15 is 0 Å². The fourth-order valence-electron chi connectivity index (χ4n) is 3.04. The number of halogens is 1. The van der Waals surface area contributed by atoms with Gasteiger partial charge in [-0.2, -0.15) is 0 Å². The molecule has 1 unspecified atom stereocenters. The lowest BCUT2D eigenvalue weighted by atomic mass is 9.76. The van der Waals surface area contributed by atoms with Crippen LogP contribution in [-0.4, -0.2) is 29.1 Å². The van der Waals surface area contributed by atoms with E-state index in [2.05, 4.69) is 17.9 Å². The van der Waals surface area contributed by atoms with Gasteiger partial charge in [0.2, 0.25) is 0 Å². The third-order valence-corrected chi connectivity index (χ3v) is 5.00.